The molecule has 0 aromatic heterocycles. The minimum Gasteiger partial charge on any atom is -0.329 e. The molecule has 2 nitrogen and oxygen atoms in total. The maximum atomic E-state index is 5.96. The Labute approximate surface area is 94.3 Å². The predicted molar refractivity (Wildman–Crippen MR) is 66.8 cm³/mol. The molecule has 0 saturated heterocycles. The molecule has 0 radical (unpaired) electrons. The van der Waals surface area contributed by atoms with Crippen LogP contribution in [0.4, 0.5) is 0 Å². The fourth-order valence-electron chi connectivity index (χ4n) is 2.99. The van der Waals surface area contributed by atoms with E-state index in [1.807, 2.05) is 0 Å². The number of rotatable bonds is 4. The molecule has 0 spiro atoms. The van der Waals surface area contributed by atoms with E-state index >= 15 is 0 Å². The number of nitrogens with one attached hydrogen (secondary N) is 1. The SMILES string of the molecule is C=C(C)CNC1(CN)CC(C)CC(C)C1. The quantitative estimate of drug-likeness (QED) is 0.699. The Bertz CT molecular complexity index is 213. The van der Waals surface area contributed by atoms with Gasteiger partial charge in [-0.05, 0) is 38.0 Å². The lowest BCUT2D eigenvalue weighted by Gasteiger charge is -2.43. The van der Waals surface area contributed by atoms with E-state index in [9.17, 15) is 0 Å². The molecule has 0 amide bonds. The summed E-state index contributed by atoms with van der Waals surface area (Å²) in [4.78, 5) is 0. The minimum absolute atomic E-state index is 0.163. The topological polar surface area (TPSA) is 38.0 Å². The first-order chi connectivity index (χ1) is 6.97. The number of hydrogen-bond acceptors (Lipinski definition) is 2. The van der Waals surface area contributed by atoms with Crippen molar-refractivity contribution in [2.24, 2.45) is 17.6 Å². The Morgan fingerprint density at radius 1 is 1.40 bits per heavy atom. The fourth-order valence-corrected chi connectivity index (χ4v) is 2.99. The highest BCUT2D eigenvalue weighted by Gasteiger charge is 2.36. The van der Waals surface area contributed by atoms with Crippen molar-refractivity contribution in [3.63, 3.8) is 0 Å². The Morgan fingerprint density at radius 3 is 2.33 bits per heavy atom. The van der Waals surface area contributed by atoms with Crippen molar-refractivity contribution < 1.29 is 0 Å². The van der Waals surface area contributed by atoms with Crippen molar-refractivity contribution in [3.05, 3.63) is 12.2 Å². The molecule has 2 atom stereocenters. The van der Waals surface area contributed by atoms with Crippen molar-refractivity contribution in [2.75, 3.05) is 13.1 Å². The van der Waals surface area contributed by atoms with E-state index in [4.69, 9.17) is 5.73 Å². The molecule has 3 N–H and O–H groups in total. The van der Waals surface area contributed by atoms with E-state index in [1.165, 1.54) is 24.8 Å². The fraction of sp³-hybridized carbons (Fsp3) is 0.846. The van der Waals surface area contributed by atoms with E-state index in [1.54, 1.807) is 0 Å². The lowest BCUT2D eigenvalue weighted by Crippen LogP contribution is -2.55. The van der Waals surface area contributed by atoms with Crippen molar-refractivity contribution in [2.45, 2.75) is 45.6 Å². The molecule has 1 fully saturated rings. The van der Waals surface area contributed by atoms with Crippen molar-refractivity contribution in [1.29, 1.82) is 0 Å². The van der Waals surface area contributed by atoms with Crippen LogP contribution in [0, 0.1) is 11.8 Å². The van der Waals surface area contributed by atoms with Gasteiger partial charge in [0, 0.05) is 18.6 Å². The van der Waals surface area contributed by atoms with Crippen molar-refractivity contribution in [3.8, 4) is 0 Å². The molecule has 0 aliphatic heterocycles. The molecular formula is C13H26N2. The number of hydrogen-bond donors (Lipinski definition) is 2. The lowest BCUT2D eigenvalue weighted by atomic mass is 9.71. The second-order valence-corrected chi connectivity index (χ2v) is 5.65. The summed E-state index contributed by atoms with van der Waals surface area (Å²) in [5.74, 6) is 1.57. The molecule has 1 aliphatic carbocycles. The molecule has 0 aromatic carbocycles. The van der Waals surface area contributed by atoms with Gasteiger partial charge in [-0.1, -0.05) is 26.0 Å². The zero-order chi connectivity index (χ0) is 11.5. The van der Waals surface area contributed by atoms with Crippen LogP contribution in [0.15, 0.2) is 12.2 Å². The number of nitrogens with two attached hydrogens (primary N) is 1. The monoisotopic (exact) mass is 210 g/mol. The maximum absolute atomic E-state index is 5.96. The zero-order valence-corrected chi connectivity index (χ0v) is 10.5. The predicted octanol–water partition coefficient (Wildman–Crippen LogP) is 2.31. The summed E-state index contributed by atoms with van der Waals surface area (Å²) in [6, 6.07) is 0. The first-order valence-corrected chi connectivity index (χ1v) is 6.07. The van der Waals surface area contributed by atoms with Gasteiger partial charge in [-0.25, -0.2) is 0 Å². The third-order valence-electron chi connectivity index (χ3n) is 3.44. The largest absolute Gasteiger partial charge is 0.329 e. The van der Waals surface area contributed by atoms with Gasteiger partial charge < -0.3 is 11.1 Å². The third kappa shape index (κ3) is 3.62. The van der Waals surface area contributed by atoms with Gasteiger partial charge in [-0.3, -0.25) is 0 Å². The van der Waals surface area contributed by atoms with E-state index in [0.29, 0.717) is 0 Å². The van der Waals surface area contributed by atoms with Crippen LogP contribution in [0.2, 0.25) is 0 Å². The van der Waals surface area contributed by atoms with Gasteiger partial charge in [-0.2, -0.15) is 0 Å². The Balaban J connectivity index is 2.61. The molecule has 1 aliphatic rings. The molecule has 0 bridgehead atoms. The molecule has 15 heavy (non-hydrogen) atoms. The summed E-state index contributed by atoms with van der Waals surface area (Å²) < 4.78 is 0. The van der Waals surface area contributed by atoms with Crippen LogP contribution in [0.3, 0.4) is 0 Å². The highest BCUT2D eigenvalue weighted by molar-refractivity contribution is 5.00. The van der Waals surface area contributed by atoms with Crippen LogP contribution in [-0.4, -0.2) is 18.6 Å². The molecule has 1 saturated carbocycles. The van der Waals surface area contributed by atoms with Crippen LogP contribution < -0.4 is 11.1 Å². The molecule has 2 heteroatoms. The third-order valence-corrected chi connectivity index (χ3v) is 3.44. The highest BCUT2D eigenvalue weighted by Crippen LogP contribution is 2.35. The first-order valence-electron chi connectivity index (χ1n) is 6.07. The molecule has 1 rings (SSSR count). The van der Waals surface area contributed by atoms with E-state index < -0.39 is 0 Å². The molecular weight excluding hydrogens is 184 g/mol. The van der Waals surface area contributed by atoms with Gasteiger partial charge in [-0.15, -0.1) is 0 Å². The van der Waals surface area contributed by atoms with Crippen LogP contribution in [0.1, 0.15) is 40.0 Å². The summed E-state index contributed by atoms with van der Waals surface area (Å²) >= 11 is 0. The first kappa shape index (κ1) is 12.7. The summed E-state index contributed by atoms with van der Waals surface area (Å²) in [7, 11) is 0. The molecule has 88 valence electrons. The Hall–Kier alpha value is -0.340. The van der Waals surface area contributed by atoms with Crippen LogP contribution in [0.25, 0.3) is 0 Å². The average Bonchev–Trinajstić information content (AvgIpc) is 2.13. The summed E-state index contributed by atoms with van der Waals surface area (Å²) in [6.45, 7) is 12.3. The van der Waals surface area contributed by atoms with Gasteiger partial charge in [0.05, 0.1) is 0 Å². The van der Waals surface area contributed by atoms with Gasteiger partial charge in [0.1, 0.15) is 0 Å². The minimum atomic E-state index is 0.163. The lowest BCUT2D eigenvalue weighted by molar-refractivity contribution is 0.153. The van der Waals surface area contributed by atoms with E-state index in [-0.39, 0.29) is 5.54 Å². The van der Waals surface area contributed by atoms with E-state index in [2.05, 4.69) is 32.7 Å². The van der Waals surface area contributed by atoms with Crippen LogP contribution in [-0.2, 0) is 0 Å². The van der Waals surface area contributed by atoms with Crippen molar-refractivity contribution >= 4 is 0 Å². The molecule has 0 aromatic rings. The van der Waals surface area contributed by atoms with Crippen LogP contribution >= 0.6 is 0 Å². The second kappa shape index (κ2) is 5.13. The Kier molecular flexibility index (Phi) is 4.35. The summed E-state index contributed by atoms with van der Waals surface area (Å²) in [5, 5.41) is 3.62. The average molecular weight is 210 g/mol. The Morgan fingerprint density at radius 2 is 1.93 bits per heavy atom. The summed E-state index contributed by atoms with van der Waals surface area (Å²) in [5.41, 5.74) is 7.31. The van der Waals surface area contributed by atoms with Crippen LogP contribution in [0.5, 0.6) is 0 Å². The smallest absolute Gasteiger partial charge is 0.0311 e. The normalized spacial score (nSPS) is 36.5. The van der Waals surface area contributed by atoms with Gasteiger partial charge >= 0.3 is 0 Å². The second-order valence-electron chi connectivity index (χ2n) is 5.65. The van der Waals surface area contributed by atoms with Gasteiger partial charge in [0.15, 0.2) is 0 Å². The maximum Gasteiger partial charge on any atom is 0.0311 e. The van der Waals surface area contributed by atoms with Gasteiger partial charge in [0.25, 0.3) is 0 Å². The zero-order valence-electron chi connectivity index (χ0n) is 10.5. The molecule has 0 heterocycles. The summed E-state index contributed by atoms with van der Waals surface area (Å²) in [6.07, 6.45) is 3.76. The van der Waals surface area contributed by atoms with Gasteiger partial charge in [0.2, 0.25) is 0 Å². The molecule has 2 unspecified atom stereocenters. The van der Waals surface area contributed by atoms with E-state index in [0.717, 1.165) is 24.9 Å². The standard InChI is InChI=1S/C13H26N2/c1-10(2)8-15-13(9-14)6-11(3)5-12(4)7-13/h11-12,15H,1,5-9,14H2,2-4H3. The van der Waals surface area contributed by atoms with Crippen molar-refractivity contribution in [1.82, 2.24) is 5.32 Å². The highest BCUT2D eigenvalue weighted by atomic mass is 15.0.